The summed E-state index contributed by atoms with van der Waals surface area (Å²) in [6.45, 7) is 0. The summed E-state index contributed by atoms with van der Waals surface area (Å²) in [5, 5.41) is 3.05. The molecule has 1 aromatic rings. The van der Waals surface area contributed by atoms with Crippen LogP contribution in [0.2, 0.25) is 0 Å². The third-order valence-electron chi connectivity index (χ3n) is 3.53. The lowest BCUT2D eigenvalue weighted by molar-refractivity contribution is -0.119. The van der Waals surface area contributed by atoms with Gasteiger partial charge in [0.25, 0.3) is 0 Å². The number of hydrogen-bond acceptors (Lipinski definition) is 3. The van der Waals surface area contributed by atoms with Crippen LogP contribution in [0.1, 0.15) is 38.5 Å². The number of hydrogen-bond donors (Lipinski definition) is 2. The topological polar surface area (TPSA) is 55.1 Å². The van der Waals surface area contributed by atoms with Gasteiger partial charge in [-0.15, -0.1) is 11.8 Å². The van der Waals surface area contributed by atoms with Crippen LogP contribution in [-0.2, 0) is 4.79 Å². The second-order valence-electron chi connectivity index (χ2n) is 5.23. The molecule has 3 N–H and O–H groups in total. The molecule has 110 valence electrons. The predicted molar refractivity (Wildman–Crippen MR) is 81.2 cm³/mol. The van der Waals surface area contributed by atoms with E-state index in [2.05, 4.69) is 5.32 Å². The highest BCUT2D eigenvalue weighted by Crippen LogP contribution is 2.23. The number of nitrogens with one attached hydrogen (secondary N) is 1. The maximum Gasteiger partial charge on any atom is 0.230 e. The Morgan fingerprint density at radius 2 is 2.00 bits per heavy atom. The number of carbonyl (C=O) groups excluding carboxylic acids is 1. The summed E-state index contributed by atoms with van der Waals surface area (Å²) in [4.78, 5) is 12.4. The monoisotopic (exact) mass is 296 g/mol. The van der Waals surface area contributed by atoms with Crippen molar-refractivity contribution in [2.75, 3.05) is 11.5 Å². The lowest BCUT2D eigenvalue weighted by Crippen LogP contribution is -2.35. The minimum Gasteiger partial charge on any atom is -0.399 e. The third kappa shape index (κ3) is 4.71. The van der Waals surface area contributed by atoms with Crippen LogP contribution >= 0.6 is 11.8 Å². The van der Waals surface area contributed by atoms with Crippen LogP contribution in [0.4, 0.5) is 10.1 Å². The minimum absolute atomic E-state index is 0.0156. The summed E-state index contributed by atoms with van der Waals surface area (Å²) in [6.07, 6.45) is 7.02. The van der Waals surface area contributed by atoms with Crippen molar-refractivity contribution in [3.05, 3.63) is 24.0 Å². The summed E-state index contributed by atoms with van der Waals surface area (Å²) in [6, 6.07) is 4.84. The molecule has 0 bridgehead atoms. The van der Waals surface area contributed by atoms with Gasteiger partial charge in [0.1, 0.15) is 5.82 Å². The van der Waals surface area contributed by atoms with Gasteiger partial charge in [0.2, 0.25) is 5.91 Å². The molecule has 0 heterocycles. The Labute approximate surface area is 123 Å². The number of halogens is 1. The first-order valence-electron chi connectivity index (χ1n) is 7.12. The summed E-state index contributed by atoms with van der Waals surface area (Å²) in [5.74, 6) is -0.132. The molecule has 0 unspecified atom stereocenters. The summed E-state index contributed by atoms with van der Waals surface area (Å²) in [5.41, 5.74) is 5.89. The number of carbonyl (C=O) groups is 1. The Morgan fingerprint density at radius 1 is 1.30 bits per heavy atom. The first-order chi connectivity index (χ1) is 9.65. The standard InChI is InChI=1S/C15H21FN2OS/c16-13-9-11(17)7-8-14(13)20-10-15(19)18-12-5-3-1-2-4-6-12/h7-9,12H,1-6,10,17H2,(H,18,19). The molecular formula is C15H21FN2OS. The largest absolute Gasteiger partial charge is 0.399 e. The lowest BCUT2D eigenvalue weighted by atomic mass is 10.1. The number of nitrogen functional groups attached to an aromatic ring is 1. The van der Waals surface area contributed by atoms with Crippen LogP contribution in [0.15, 0.2) is 23.1 Å². The highest BCUT2D eigenvalue weighted by molar-refractivity contribution is 8.00. The fourth-order valence-corrected chi connectivity index (χ4v) is 3.20. The highest BCUT2D eigenvalue weighted by Gasteiger charge is 2.15. The van der Waals surface area contributed by atoms with Crippen LogP contribution < -0.4 is 11.1 Å². The fourth-order valence-electron chi connectivity index (χ4n) is 2.47. The van der Waals surface area contributed by atoms with Gasteiger partial charge >= 0.3 is 0 Å². The van der Waals surface area contributed by atoms with Crippen molar-refractivity contribution in [2.45, 2.75) is 49.5 Å². The maximum atomic E-state index is 13.6. The van der Waals surface area contributed by atoms with E-state index >= 15 is 0 Å². The van der Waals surface area contributed by atoms with Crippen LogP contribution in [0.25, 0.3) is 0 Å². The molecule has 20 heavy (non-hydrogen) atoms. The predicted octanol–water partition coefficient (Wildman–Crippen LogP) is 3.34. The maximum absolute atomic E-state index is 13.6. The Hall–Kier alpha value is -1.23. The molecule has 0 aromatic heterocycles. The molecule has 2 rings (SSSR count). The Morgan fingerprint density at radius 3 is 2.65 bits per heavy atom. The van der Waals surface area contributed by atoms with Crippen LogP contribution in [0.3, 0.4) is 0 Å². The molecule has 0 saturated heterocycles. The molecule has 1 fully saturated rings. The molecule has 1 aliphatic carbocycles. The molecular weight excluding hydrogens is 275 g/mol. The van der Waals surface area contributed by atoms with Crippen molar-refractivity contribution in [2.24, 2.45) is 0 Å². The SMILES string of the molecule is Nc1ccc(SCC(=O)NC2CCCCCC2)c(F)c1. The zero-order valence-electron chi connectivity index (χ0n) is 11.5. The zero-order chi connectivity index (χ0) is 14.4. The van der Waals surface area contributed by atoms with Gasteiger partial charge in [-0.3, -0.25) is 4.79 Å². The van der Waals surface area contributed by atoms with Gasteiger partial charge in [-0.1, -0.05) is 25.7 Å². The minimum atomic E-state index is -0.364. The summed E-state index contributed by atoms with van der Waals surface area (Å²) < 4.78 is 13.6. The van der Waals surface area contributed by atoms with E-state index < -0.39 is 0 Å². The molecule has 0 radical (unpaired) electrons. The normalized spacial score (nSPS) is 16.6. The molecule has 0 aliphatic heterocycles. The molecule has 0 spiro atoms. The molecule has 5 heteroatoms. The first kappa shape index (κ1) is 15.2. The lowest BCUT2D eigenvalue weighted by Gasteiger charge is -2.16. The van der Waals surface area contributed by atoms with Crippen molar-refractivity contribution in [3.8, 4) is 0 Å². The van der Waals surface area contributed by atoms with E-state index in [1.807, 2.05) is 0 Å². The number of nitrogens with two attached hydrogens (primary N) is 1. The summed E-state index contributed by atoms with van der Waals surface area (Å²) in [7, 11) is 0. The zero-order valence-corrected chi connectivity index (χ0v) is 12.3. The van der Waals surface area contributed by atoms with E-state index in [0.717, 1.165) is 12.8 Å². The Balaban J connectivity index is 1.79. The van der Waals surface area contributed by atoms with Crippen molar-refractivity contribution in [1.82, 2.24) is 5.32 Å². The van der Waals surface area contributed by atoms with Crippen molar-refractivity contribution < 1.29 is 9.18 Å². The van der Waals surface area contributed by atoms with E-state index in [1.54, 1.807) is 12.1 Å². The van der Waals surface area contributed by atoms with E-state index in [0.29, 0.717) is 16.6 Å². The molecule has 1 amide bonds. The van der Waals surface area contributed by atoms with E-state index in [1.165, 1.54) is 43.5 Å². The van der Waals surface area contributed by atoms with Gasteiger partial charge < -0.3 is 11.1 Å². The summed E-state index contributed by atoms with van der Waals surface area (Å²) >= 11 is 1.22. The number of thioether (sulfide) groups is 1. The number of amides is 1. The first-order valence-corrected chi connectivity index (χ1v) is 8.11. The molecule has 1 aromatic carbocycles. The van der Waals surface area contributed by atoms with Gasteiger partial charge in [0, 0.05) is 16.6 Å². The molecule has 3 nitrogen and oxygen atoms in total. The second kappa shape index (κ2) is 7.53. The van der Waals surface area contributed by atoms with Gasteiger partial charge in [0.15, 0.2) is 0 Å². The smallest absolute Gasteiger partial charge is 0.230 e. The van der Waals surface area contributed by atoms with E-state index in [9.17, 15) is 9.18 Å². The third-order valence-corrected chi connectivity index (χ3v) is 4.58. The highest BCUT2D eigenvalue weighted by atomic mass is 32.2. The van der Waals surface area contributed by atoms with Gasteiger partial charge in [-0.05, 0) is 31.0 Å². The molecule has 1 aliphatic rings. The van der Waals surface area contributed by atoms with Crippen LogP contribution in [-0.4, -0.2) is 17.7 Å². The molecule has 0 atom stereocenters. The Bertz CT molecular complexity index is 459. The van der Waals surface area contributed by atoms with Crippen LogP contribution in [0.5, 0.6) is 0 Å². The van der Waals surface area contributed by atoms with E-state index in [4.69, 9.17) is 5.73 Å². The second-order valence-corrected chi connectivity index (χ2v) is 6.25. The quantitative estimate of drug-likeness (QED) is 0.509. The number of rotatable bonds is 4. The van der Waals surface area contributed by atoms with Gasteiger partial charge in [0.05, 0.1) is 5.75 Å². The van der Waals surface area contributed by atoms with Crippen molar-refractivity contribution >= 4 is 23.4 Å². The molecule has 1 saturated carbocycles. The van der Waals surface area contributed by atoms with Gasteiger partial charge in [-0.25, -0.2) is 4.39 Å². The van der Waals surface area contributed by atoms with Crippen molar-refractivity contribution in [3.63, 3.8) is 0 Å². The van der Waals surface area contributed by atoms with Gasteiger partial charge in [-0.2, -0.15) is 0 Å². The fraction of sp³-hybridized carbons (Fsp3) is 0.533. The van der Waals surface area contributed by atoms with Crippen LogP contribution in [0, 0.1) is 5.82 Å². The van der Waals surface area contributed by atoms with E-state index in [-0.39, 0.29) is 17.5 Å². The average Bonchev–Trinajstić information content (AvgIpc) is 2.66. The number of anilines is 1. The number of benzene rings is 1. The van der Waals surface area contributed by atoms with Crippen molar-refractivity contribution in [1.29, 1.82) is 0 Å². The average molecular weight is 296 g/mol. The Kier molecular flexibility index (Phi) is 5.71.